The van der Waals surface area contributed by atoms with Gasteiger partial charge in [0.15, 0.2) is 5.78 Å². The molecule has 0 aliphatic carbocycles. The molecule has 218 valence electrons. The minimum Gasteiger partial charge on any atom is -0.371 e. The van der Waals surface area contributed by atoms with E-state index in [0.29, 0.717) is 6.61 Å². The smallest absolute Gasteiger partial charge is 0.163 e. The molecule has 2 aliphatic heterocycles. The van der Waals surface area contributed by atoms with E-state index in [1.165, 1.54) is 10.1 Å². The van der Waals surface area contributed by atoms with Crippen LogP contribution in [0.5, 0.6) is 0 Å². The summed E-state index contributed by atoms with van der Waals surface area (Å²) in [6.07, 6.45) is 7.28. The van der Waals surface area contributed by atoms with Gasteiger partial charge in [-0.2, -0.15) is 10.1 Å². The van der Waals surface area contributed by atoms with Crippen LogP contribution in [-0.4, -0.2) is 60.7 Å². The van der Waals surface area contributed by atoms with Crippen molar-refractivity contribution in [2.45, 2.75) is 157 Å². The molecule has 2 heterocycles. The number of carbonyl (C=O) groups is 1. The van der Waals surface area contributed by atoms with Gasteiger partial charge in [-0.15, -0.1) is 0 Å². The van der Waals surface area contributed by atoms with Crippen molar-refractivity contribution in [1.29, 1.82) is 0 Å². The fraction of sp³-hybridized carbons (Fsp3) is 0.839. The quantitative estimate of drug-likeness (QED) is 0.314. The Morgan fingerprint density at radius 3 is 1.65 bits per heavy atom. The molecule has 0 aromatic rings. The normalized spacial score (nSPS) is 22.0. The van der Waals surface area contributed by atoms with Gasteiger partial charge in [0.1, 0.15) is 0 Å². The van der Waals surface area contributed by atoms with Crippen molar-refractivity contribution in [1.82, 2.24) is 10.1 Å². The highest BCUT2D eigenvalue weighted by Crippen LogP contribution is 2.47. The fourth-order valence-electron chi connectivity index (χ4n) is 5.33. The van der Waals surface area contributed by atoms with Crippen molar-refractivity contribution < 1.29 is 19.9 Å². The fourth-order valence-corrected chi connectivity index (χ4v) is 5.33. The van der Waals surface area contributed by atoms with Gasteiger partial charge < -0.3 is 15.2 Å². The maximum Gasteiger partial charge on any atom is 0.163 e. The molecule has 0 aromatic carbocycles. The SMILES string of the molecule is CC.CC(C)(C)OCC1=CC(C)(C)N(O)C1(C)C.CCC1(CC)C=C(C(=O)C(C)C)C(CC)(CC)N1O. The van der Waals surface area contributed by atoms with Crippen LogP contribution in [0, 0.1) is 5.92 Å². The summed E-state index contributed by atoms with van der Waals surface area (Å²) < 4.78 is 5.78. The number of nitrogens with zero attached hydrogens (tertiary/aromatic N) is 2. The Kier molecular flexibility index (Phi) is 13.0. The summed E-state index contributed by atoms with van der Waals surface area (Å²) in [6.45, 7) is 30.8. The van der Waals surface area contributed by atoms with E-state index in [0.717, 1.165) is 36.8 Å². The van der Waals surface area contributed by atoms with Crippen LogP contribution < -0.4 is 0 Å². The number of rotatable bonds is 8. The Morgan fingerprint density at radius 2 is 1.35 bits per heavy atom. The van der Waals surface area contributed by atoms with Gasteiger partial charge in [0.2, 0.25) is 0 Å². The Morgan fingerprint density at radius 1 is 0.892 bits per heavy atom. The van der Waals surface area contributed by atoms with Crippen LogP contribution in [0.3, 0.4) is 0 Å². The van der Waals surface area contributed by atoms with E-state index in [4.69, 9.17) is 4.74 Å². The second-order valence-corrected chi connectivity index (χ2v) is 12.5. The number of carbonyl (C=O) groups excluding carboxylic acids is 1. The molecular weight excluding hydrogens is 464 g/mol. The zero-order valence-corrected chi connectivity index (χ0v) is 26.9. The first kappa shape index (κ1) is 35.9. The van der Waals surface area contributed by atoms with Gasteiger partial charge in [0.05, 0.1) is 34.4 Å². The minimum atomic E-state index is -0.507. The standard InChI is InChI=1S/C16H29NO2.C13H25NO2.C2H6/c1-7-15(8-2)11-13(14(18)12(5)6)16(9-3,10-4)17(15)19;1-11(2,3)16-9-10-8-12(4,5)14(15)13(10,6)7;1-2/h11-12,19H,7-10H2,1-6H3;8,15H,9H2,1-7H3;1-2H3. The summed E-state index contributed by atoms with van der Waals surface area (Å²) in [6, 6.07) is 0. The molecule has 0 radical (unpaired) electrons. The van der Waals surface area contributed by atoms with E-state index in [1.54, 1.807) is 0 Å². The highest BCUT2D eigenvalue weighted by Gasteiger charge is 2.54. The maximum absolute atomic E-state index is 12.5. The lowest BCUT2D eigenvalue weighted by Gasteiger charge is -2.43. The molecular formula is C31H60N2O4. The van der Waals surface area contributed by atoms with Crippen LogP contribution in [0.4, 0.5) is 0 Å². The summed E-state index contributed by atoms with van der Waals surface area (Å²) in [5.41, 5.74) is 0.242. The lowest BCUT2D eigenvalue weighted by molar-refractivity contribution is -0.209. The van der Waals surface area contributed by atoms with Gasteiger partial charge in [-0.05, 0) is 79.7 Å². The summed E-state index contributed by atoms with van der Waals surface area (Å²) in [7, 11) is 0. The Hall–Kier alpha value is -1.05. The predicted molar refractivity (Wildman–Crippen MR) is 155 cm³/mol. The van der Waals surface area contributed by atoms with Crippen molar-refractivity contribution in [2.24, 2.45) is 5.92 Å². The Labute approximate surface area is 229 Å². The molecule has 6 heteroatoms. The number of ether oxygens (including phenoxy) is 1. The molecule has 2 aliphatic rings. The molecule has 0 saturated heterocycles. The Balaban J connectivity index is 0.000000665. The first-order chi connectivity index (χ1) is 16.8. The average molecular weight is 525 g/mol. The molecule has 0 spiro atoms. The van der Waals surface area contributed by atoms with Crippen molar-refractivity contribution in [3.63, 3.8) is 0 Å². The van der Waals surface area contributed by atoms with Crippen LogP contribution in [0.2, 0.25) is 0 Å². The van der Waals surface area contributed by atoms with E-state index in [-0.39, 0.29) is 33.9 Å². The van der Waals surface area contributed by atoms with E-state index in [1.807, 2.05) is 82.2 Å². The third-order valence-electron chi connectivity index (χ3n) is 7.98. The molecule has 2 N–H and O–H groups in total. The molecule has 0 unspecified atom stereocenters. The lowest BCUT2D eigenvalue weighted by atomic mass is 9.81. The summed E-state index contributed by atoms with van der Waals surface area (Å²) in [5, 5.41) is 23.8. The van der Waals surface area contributed by atoms with Crippen molar-refractivity contribution in [3.8, 4) is 0 Å². The summed E-state index contributed by atoms with van der Waals surface area (Å²) in [5.74, 6) is 0.146. The van der Waals surface area contributed by atoms with Crippen molar-refractivity contribution >= 4 is 5.78 Å². The second kappa shape index (κ2) is 13.3. The topological polar surface area (TPSA) is 73.2 Å². The largest absolute Gasteiger partial charge is 0.371 e. The molecule has 0 fully saturated rings. The molecule has 0 amide bonds. The lowest BCUT2D eigenvalue weighted by Crippen LogP contribution is -2.54. The van der Waals surface area contributed by atoms with Gasteiger partial charge in [0, 0.05) is 11.5 Å². The van der Waals surface area contributed by atoms with Crippen LogP contribution in [0.25, 0.3) is 0 Å². The molecule has 0 aromatic heterocycles. The third-order valence-corrected chi connectivity index (χ3v) is 7.98. The summed E-state index contributed by atoms with van der Waals surface area (Å²) in [4.78, 5) is 12.5. The monoisotopic (exact) mass is 524 g/mol. The predicted octanol–water partition coefficient (Wildman–Crippen LogP) is 7.98. The molecule has 2 rings (SSSR count). The van der Waals surface area contributed by atoms with Gasteiger partial charge in [-0.1, -0.05) is 67.5 Å². The maximum atomic E-state index is 12.5. The van der Waals surface area contributed by atoms with Gasteiger partial charge >= 0.3 is 0 Å². The number of hydrogen-bond donors (Lipinski definition) is 2. The highest BCUT2D eigenvalue weighted by molar-refractivity contribution is 5.99. The average Bonchev–Trinajstić information content (AvgIpc) is 3.18. The molecule has 6 nitrogen and oxygen atoms in total. The van der Waals surface area contributed by atoms with E-state index < -0.39 is 5.54 Å². The van der Waals surface area contributed by atoms with E-state index in [2.05, 4.69) is 33.8 Å². The minimum absolute atomic E-state index is 0.0263. The van der Waals surface area contributed by atoms with Gasteiger partial charge in [-0.25, -0.2) is 0 Å². The number of hydrogen-bond acceptors (Lipinski definition) is 6. The molecule has 37 heavy (non-hydrogen) atoms. The zero-order chi connectivity index (χ0) is 29.6. The van der Waals surface area contributed by atoms with E-state index in [9.17, 15) is 15.2 Å². The van der Waals surface area contributed by atoms with E-state index >= 15 is 0 Å². The van der Waals surface area contributed by atoms with Crippen LogP contribution in [-0.2, 0) is 9.53 Å². The Bertz CT molecular complexity index is 795. The molecule has 0 saturated carbocycles. The number of hydroxylamine groups is 4. The first-order valence-electron chi connectivity index (χ1n) is 14.4. The van der Waals surface area contributed by atoms with Crippen molar-refractivity contribution in [2.75, 3.05) is 6.61 Å². The van der Waals surface area contributed by atoms with Gasteiger partial charge in [-0.3, -0.25) is 4.79 Å². The second-order valence-electron chi connectivity index (χ2n) is 12.5. The number of ketones is 1. The summed E-state index contributed by atoms with van der Waals surface area (Å²) >= 11 is 0. The third kappa shape index (κ3) is 7.54. The highest BCUT2D eigenvalue weighted by atomic mass is 16.5. The van der Waals surface area contributed by atoms with Crippen molar-refractivity contribution in [3.05, 3.63) is 23.3 Å². The molecule has 0 bridgehead atoms. The van der Waals surface area contributed by atoms with Crippen LogP contribution >= 0.6 is 0 Å². The van der Waals surface area contributed by atoms with Crippen LogP contribution in [0.1, 0.15) is 130 Å². The number of Topliss-reactive ketones (excluding diaryl/α,β-unsaturated/α-hetero) is 1. The molecule has 0 atom stereocenters. The van der Waals surface area contributed by atoms with Crippen LogP contribution in [0.15, 0.2) is 23.3 Å². The first-order valence-corrected chi connectivity index (χ1v) is 14.4. The zero-order valence-electron chi connectivity index (χ0n) is 26.9. The van der Waals surface area contributed by atoms with Gasteiger partial charge in [0.25, 0.3) is 0 Å².